The molecule has 0 saturated carbocycles. The third-order valence-corrected chi connectivity index (χ3v) is 3.60. The van der Waals surface area contributed by atoms with E-state index < -0.39 is 0 Å². The second kappa shape index (κ2) is 9.03. The Kier molecular flexibility index (Phi) is 7.72. The fraction of sp³-hybridized carbons (Fsp3) is 0.647. The summed E-state index contributed by atoms with van der Waals surface area (Å²) < 4.78 is 11.1. The lowest BCUT2D eigenvalue weighted by molar-refractivity contribution is 0.0626. The molecule has 1 aromatic rings. The fourth-order valence-electron chi connectivity index (χ4n) is 2.17. The van der Waals surface area contributed by atoms with E-state index >= 15 is 0 Å². The molecule has 0 amide bonds. The molecule has 4 nitrogen and oxygen atoms in total. The molecule has 0 bridgehead atoms. The molecule has 120 valence electrons. The predicted molar refractivity (Wildman–Crippen MR) is 87.9 cm³/mol. The van der Waals surface area contributed by atoms with Gasteiger partial charge in [0.1, 0.15) is 5.75 Å². The van der Waals surface area contributed by atoms with E-state index in [2.05, 4.69) is 56.2 Å². The highest BCUT2D eigenvalue weighted by atomic mass is 16.5. The lowest BCUT2D eigenvalue weighted by Crippen LogP contribution is -2.24. The summed E-state index contributed by atoms with van der Waals surface area (Å²) in [4.78, 5) is 2.26. The number of rotatable bonds is 9. The van der Waals surface area contributed by atoms with E-state index in [1.807, 2.05) is 7.05 Å². The van der Waals surface area contributed by atoms with Crippen LogP contribution in [0.2, 0.25) is 0 Å². The molecule has 1 N–H and O–H groups in total. The van der Waals surface area contributed by atoms with E-state index in [1.165, 1.54) is 11.1 Å². The van der Waals surface area contributed by atoms with E-state index in [-0.39, 0.29) is 6.10 Å². The minimum atomic E-state index is 0.285. The maximum atomic E-state index is 5.60. The van der Waals surface area contributed by atoms with Crippen molar-refractivity contribution in [3.8, 4) is 5.75 Å². The summed E-state index contributed by atoms with van der Waals surface area (Å²) >= 11 is 0. The van der Waals surface area contributed by atoms with Crippen molar-refractivity contribution in [3.05, 3.63) is 29.3 Å². The molecular formula is C17H30N2O2. The number of likely N-dealkylation sites (N-methyl/N-ethyl adjacent to an activating group) is 1. The molecule has 0 heterocycles. The molecule has 0 aromatic heterocycles. The Morgan fingerprint density at radius 2 is 1.95 bits per heavy atom. The highest BCUT2D eigenvalue weighted by molar-refractivity contribution is 5.38. The van der Waals surface area contributed by atoms with Crippen molar-refractivity contribution in [1.29, 1.82) is 0 Å². The maximum absolute atomic E-state index is 5.60. The SMILES string of the molecule is CNC(C)c1ccc(OC)c(CN(C)CCOC(C)C)c1. The first-order chi connectivity index (χ1) is 9.97. The Hall–Kier alpha value is -1.10. The minimum Gasteiger partial charge on any atom is -0.496 e. The number of methoxy groups -OCH3 is 1. The van der Waals surface area contributed by atoms with Crippen LogP contribution in [0.4, 0.5) is 0 Å². The summed E-state index contributed by atoms with van der Waals surface area (Å²) in [7, 11) is 5.81. The lowest BCUT2D eigenvalue weighted by atomic mass is 10.0. The number of nitrogens with one attached hydrogen (secondary N) is 1. The summed E-state index contributed by atoms with van der Waals surface area (Å²) in [6, 6.07) is 6.73. The summed E-state index contributed by atoms with van der Waals surface area (Å²) in [5, 5.41) is 3.27. The third-order valence-electron chi connectivity index (χ3n) is 3.60. The summed E-state index contributed by atoms with van der Waals surface area (Å²) in [6.45, 7) is 8.80. The molecule has 0 radical (unpaired) electrons. The van der Waals surface area contributed by atoms with Gasteiger partial charge < -0.3 is 14.8 Å². The zero-order valence-electron chi connectivity index (χ0n) is 14.3. The average Bonchev–Trinajstić information content (AvgIpc) is 2.45. The van der Waals surface area contributed by atoms with Gasteiger partial charge in [-0.1, -0.05) is 6.07 Å². The second-order valence-corrected chi connectivity index (χ2v) is 5.74. The van der Waals surface area contributed by atoms with Crippen molar-refractivity contribution in [2.24, 2.45) is 0 Å². The van der Waals surface area contributed by atoms with Crippen molar-refractivity contribution in [2.75, 3.05) is 34.4 Å². The van der Waals surface area contributed by atoms with Gasteiger partial charge in [0.25, 0.3) is 0 Å². The smallest absolute Gasteiger partial charge is 0.123 e. The zero-order valence-corrected chi connectivity index (χ0v) is 14.3. The van der Waals surface area contributed by atoms with Gasteiger partial charge in [0.15, 0.2) is 0 Å². The van der Waals surface area contributed by atoms with Gasteiger partial charge in [0.2, 0.25) is 0 Å². The van der Waals surface area contributed by atoms with Crippen LogP contribution in [-0.4, -0.2) is 45.4 Å². The summed E-state index contributed by atoms with van der Waals surface area (Å²) in [5.74, 6) is 0.943. The van der Waals surface area contributed by atoms with E-state index in [1.54, 1.807) is 7.11 Å². The van der Waals surface area contributed by atoms with Gasteiger partial charge in [-0.15, -0.1) is 0 Å². The van der Waals surface area contributed by atoms with Crippen LogP contribution in [-0.2, 0) is 11.3 Å². The molecule has 1 atom stereocenters. The van der Waals surface area contributed by atoms with E-state index in [0.717, 1.165) is 25.4 Å². The van der Waals surface area contributed by atoms with Gasteiger partial charge in [-0.2, -0.15) is 0 Å². The van der Waals surface area contributed by atoms with E-state index in [4.69, 9.17) is 9.47 Å². The van der Waals surface area contributed by atoms with Crippen molar-refractivity contribution in [1.82, 2.24) is 10.2 Å². The van der Waals surface area contributed by atoms with Crippen molar-refractivity contribution in [3.63, 3.8) is 0 Å². The fourth-order valence-corrected chi connectivity index (χ4v) is 2.17. The van der Waals surface area contributed by atoms with Crippen LogP contribution >= 0.6 is 0 Å². The van der Waals surface area contributed by atoms with E-state index in [9.17, 15) is 0 Å². The first-order valence-corrected chi connectivity index (χ1v) is 7.62. The molecule has 1 unspecified atom stereocenters. The lowest BCUT2D eigenvalue weighted by Gasteiger charge is -2.21. The molecule has 0 fully saturated rings. The van der Waals surface area contributed by atoms with Crippen LogP contribution in [0, 0.1) is 0 Å². The molecule has 1 rings (SSSR count). The molecule has 0 aliphatic heterocycles. The largest absolute Gasteiger partial charge is 0.496 e. The van der Waals surface area contributed by atoms with E-state index in [0.29, 0.717) is 6.04 Å². The Morgan fingerprint density at radius 3 is 2.52 bits per heavy atom. The van der Waals surface area contributed by atoms with Gasteiger partial charge in [-0.3, -0.25) is 4.90 Å². The molecule has 21 heavy (non-hydrogen) atoms. The number of benzene rings is 1. The quantitative estimate of drug-likeness (QED) is 0.759. The Labute approximate surface area is 129 Å². The highest BCUT2D eigenvalue weighted by Gasteiger charge is 2.10. The second-order valence-electron chi connectivity index (χ2n) is 5.74. The molecular weight excluding hydrogens is 264 g/mol. The van der Waals surface area contributed by atoms with Gasteiger partial charge in [0.05, 0.1) is 19.8 Å². The Balaban J connectivity index is 2.70. The van der Waals surface area contributed by atoms with Gasteiger partial charge in [-0.25, -0.2) is 0 Å². The van der Waals surface area contributed by atoms with Gasteiger partial charge in [0, 0.05) is 24.7 Å². The van der Waals surface area contributed by atoms with Gasteiger partial charge in [-0.05, 0) is 52.6 Å². The highest BCUT2D eigenvalue weighted by Crippen LogP contribution is 2.24. The minimum absolute atomic E-state index is 0.285. The number of hydrogen-bond acceptors (Lipinski definition) is 4. The first kappa shape index (κ1) is 18.0. The third kappa shape index (κ3) is 6.04. The molecule has 0 aliphatic carbocycles. The Bertz CT molecular complexity index is 421. The van der Waals surface area contributed by atoms with Crippen LogP contribution in [0.3, 0.4) is 0 Å². The zero-order chi connectivity index (χ0) is 15.8. The number of nitrogens with zero attached hydrogens (tertiary/aromatic N) is 1. The molecule has 4 heteroatoms. The molecule has 1 aromatic carbocycles. The summed E-state index contributed by atoms with van der Waals surface area (Å²) in [5.41, 5.74) is 2.49. The Morgan fingerprint density at radius 1 is 1.24 bits per heavy atom. The maximum Gasteiger partial charge on any atom is 0.123 e. The van der Waals surface area contributed by atoms with Crippen molar-refractivity contribution >= 4 is 0 Å². The predicted octanol–water partition coefficient (Wildman–Crippen LogP) is 2.83. The standard InChI is InChI=1S/C17H30N2O2/c1-13(2)21-10-9-19(5)12-16-11-15(14(3)18-4)7-8-17(16)20-6/h7-8,11,13-14,18H,9-10,12H2,1-6H3. The van der Waals surface area contributed by atoms with Crippen LogP contribution in [0.15, 0.2) is 18.2 Å². The molecule has 0 spiro atoms. The van der Waals surface area contributed by atoms with Crippen LogP contribution in [0.5, 0.6) is 5.75 Å². The molecule has 0 saturated heterocycles. The van der Waals surface area contributed by atoms with Crippen molar-refractivity contribution < 1.29 is 9.47 Å². The molecule has 0 aliphatic rings. The number of hydrogen-bond donors (Lipinski definition) is 1. The number of ether oxygens (including phenoxy) is 2. The van der Waals surface area contributed by atoms with Gasteiger partial charge >= 0.3 is 0 Å². The first-order valence-electron chi connectivity index (χ1n) is 7.62. The average molecular weight is 294 g/mol. The monoisotopic (exact) mass is 294 g/mol. The topological polar surface area (TPSA) is 33.7 Å². The van der Waals surface area contributed by atoms with Crippen LogP contribution < -0.4 is 10.1 Å². The normalized spacial score (nSPS) is 13.0. The van der Waals surface area contributed by atoms with Crippen molar-refractivity contribution in [2.45, 2.75) is 39.5 Å². The van der Waals surface area contributed by atoms with Crippen LogP contribution in [0.25, 0.3) is 0 Å². The van der Waals surface area contributed by atoms with Crippen LogP contribution in [0.1, 0.15) is 37.9 Å². The summed E-state index contributed by atoms with van der Waals surface area (Å²) in [6.07, 6.45) is 0.285.